The van der Waals surface area contributed by atoms with E-state index in [2.05, 4.69) is 20.8 Å². The highest BCUT2D eigenvalue weighted by Crippen LogP contribution is 2.42. The van der Waals surface area contributed by atoms with E-state index in [-0.39, 0.29) is 23.7 Å². The number of methoxy groups -OCH3 is 1. The van der Waals surface area contributed by atoms with Crippen LogP contribution < -0.4 is 9.64 Å². The van der Waals surface area contributed by atoms with Crippen LogP contribution in [-0.4, -0.2) is 60.6 Å². The van der Waals surface area contributed by atoms with E-state index in [9.17, 15) is 19.5 Å². The van der Waals surface area contributed by atoms with Gasteiger partial charge in [-0.3, -0.25) is 14.4 Å². The van der Waals surface area contributed by atoms with Crippen LogP contribution in [-0.2, 0) is 19.1 Å². The molecule has 2 heterocycles. The molecule has 2 amide bonds. The molecule has 0 aliphatic carbocycles. The third kappa shape index (κ3) is 6.01. The van der Waals surface area contributed by atoms with Gasteiger partial charge in [-0.15, -0.1) is 0 Å². The fourth-order valence-corrected chi connectivity index (χ4v) is 5.28. The first-order valence-electron chi connectivity index (χ1n) is 13.2. The average Bonchev–Trinajstić information content (AvgIpc) is 2.98. The zero-order valence-corrected chi connectivity index (χ0v) is 22.9. The summed E-state index contributed by atoms with van der Waals surface area (Å²) in [6.45, 7) is 9.40. The molecule has 0 radical (unpaired) electrons. The lowest BCUT2D eigenvalue weighted by molar-refractivity contribution is -0.148. The number of ether oxygens (including phenoxy) is 2. The summed E-state index contributed by atoms with van der Waals surface area (Å²) in [6, 6.07) is 13.6. The number of para-hydroxylation sites is 1. The van der Waals surface area contributed by atoms with Gasteiger partial charge in [-0.2, -0.15) is 0 Å². The quantitative estimate of drug-likeness (QED) is 0.597. The molecule has 2 aromatic carbocycles. The molecule has 1 saturated heterocycles. The van der Waals surface area contributed by atoms with Crippen molar-refractivity contribution in [2.45, 2.75) is 59.2 Å². The molecule has 2 aliphatic rings. The van der Waals surface area contributed by atoms with E-state index in [0.717, 1.165) is 22.4 Å². The number of nitrogens with zero attached hydrogens (tertiary/aromatic N) is 2. The van der Waals surface area contributed by atoms with Gasteiger partial charge in [0.1, 0.15) is 18.0 Å². The number of hydrogen-bond donors (Lipinski definition) is 1. The predicted molar refractivity (Wildman–Crippen MR) is 144 cm³/mol. The summed E-state index contributed by atoms with van der Waals surface area (Å²) in [7, 11) is 1.60. The zero-order chi connectivity index (χ0) is 27.6. The van der Waals surface area contributed by atoms with Crippen molar-refractivity contribution in [3.8, 4) is 5.75 Å². The predicted octanol–water partition coefficient (Wildman–Crippen LogP) is 4.58. The normalized spacial score (nSPS) is 20.6. The van der Waals surface area contributed by atoms with Crippen molar-refractivity contribution in [3.63, 3.8) is 0 Å². The molecule has 8 nitrogen and oxygen atoms in total. The second kappa shape index (κ2) is 11.2. The van der Waals surface area contributed by atoms with Crippen molar-refractivity contribution in [2.75, 3.05) is 31.6 Å². The van der Waals surface area contributed by atoms with Gasteiger partial charge >= 0.3 is 5.97 Å². The van der Waals surface area contributed by atoms with Crippen molar-refractivity contribution in [3.05, 3.63) is 59.2 Å². The smallest absolute Gasteiger partial charge is 0.306 e. The lowest BCUT2D eigenvalue weighted by atomic mass is 9.93. The number of piperidine rings is 1. The molecule has 204 valence electrons. The van der Waals surface area contributed by atoms with Crippen LogP contribution in [0.25, 0.3) is 0 Å². The maximum atomic E-state index is 14.1. The Kier molecular flexibility index (Phi) is 8.11. The fourth-order valence-electron chi connectivity index (χ4n) is 5.28. The van der Waals surface area contributed by atoms with Crippen molar-refractivity contribution >= 4 is 23.5 Å². The number of aryl methyl sites for hydroxylation is 1. The Morgan fingerprint density at radius 1 is 1.08 bits per heavy atom. The van der Waals surface area contributed by atoms with Crippen LogP contribution in [0.5, 0.6) is 5.75 Å². The number of anilines is 1. The summed E-state index contributed by atoms with van der Waals surface area (Å²) in [6.07, 6.45) is -0.929. The summed E-state index contributed by atoms with van der Waals surface area (Å²) >= 11 is 0. The number of likely N-dealkylation sites (tertiary alicyclic amines) is 1. The van der Waals surface area contributed by atoms with E-state index in [1.807, 2.05) is 49.4 Å². The van der Waals surface area contributed by atoms with Crippen molar-refractivity contribution in [1.82, 2.24) is 4.90 Å². The third-order valence-corrected chi connectivity index (χ3v) is 7.21. The van der Waals surface area contributed by atoms with E-state index in [0.29, 0.717) is 38.2 Å². The summed E-state index contributed by atoms with van der Waals surface area (Å²) in [4.78, 5) is 42.2. The van der Waals surface area contributed by atoms with Crippen LogP contribution in [0.15, 0.2) is 42.5 Å². The Hall–Kier alpha value is -3.39. The zero-order valence-electron chi connectivity index (χ0n) is 22.9. The molecule has 38 heavy (non-hydrogen) atoms. The molecular formula is C30H38N2O6. The Labute approximate surface area is 224 Å². The number of carboxylic acids is 1. The monoisotopic (exact) mass is 522 g/mol. The van der Waals surface area contributed by atoms with Gasteiger partial charge < -0.3 is 24.4 Å². The molecule has 2 aliphatic heterocycles. The SMILES string of the molecule is COc1ccccc1[C@@H]1O[C@@H](CC(=O)N2CCC(C(=O)O)CC2)C(=O)N(CC(C)(C)C)c2ccc(C)cc21. The largest absolute Gasteiger partial charge is 0.496 e. The molecule has 0 bridgehead atoms. The standard InChI is InChI=1S/C30H38N2O6/c1-19-10-11-23-22(16-19)27(21-8-6-7-9-24(21)37-5)38-25(28(34)32(23)18-30(2,3)4)17-26(33)31-14-12-20(13-15-31)29(35)36/h6-11,16,20,25,27H,12-15,17-18H2,1-5H3,(H,35,36)/t25-,27-/m0/s1. The number of carbonyl (C=O) groups excluding carboxylic acids is 2. The number of fused-ring (bicyclic) bond motifs is 1. The summed E-state index contributed by atoms with van der Waals surface area (Å²) in [5.41, 5.74) is 3.24. The molecule has 0 saturated carbocycles. The molecule has 1 fully saturated rings. The maximum Gasteiger partial charge on any atom is 0.306 e. The van der Waals surface area contributed by atoms with Gasteiger partial charge in [0, 0.05) is 36.4 Å². The number of hydrogen-bond acceptors (Lipinski definition) is 5. The lowest BCUT2D eigenvalue weighted by Gasteiger charge is -2.33. The summed E-state index contributed by atoms with van der Waals surface area (Å²) in [5, 5.41) is 9.31. The molecule has 8 heteroatoms. The number of carboxylic acid groups (broad SMARTS) is 1. The number of aliphatic carboxylic acids is 1. The Morgan fingerprint density at radius 3 is 2.39 bits per heavy atom. The Bertz CT molecular complexity index is 1200. The van der Waals surface area contributed by atoms with Crippen molar-refractivity contribution in [2.24, 2.45) is 11.3 Å². The van der Waals surface area contributed by atoms with E-state index < -0.39 is 24.1 Å². The first-order chi connectivity index (χ1) is 18.0. The number of rotatable bonds is 6. The summed E-state index contributed by atoms with van der Waals surface area (Å²) in [5.74, 6) is -1.09. The molecule has 0 aromatic heterocycles. The van der Waals surface area contributed by atoms with Crippen LogP contribution in [0.2, 0.25) is 0 Å². The van der Waals surface area contributed by atoms with Gasteiger partial charge in [0.2, 0.25) is 5.91 Å². The Morgan fingerprint density at radius 2 is 1.76 bits per heavy atom. The van der Waals surface area contributed by atoms with Gasteiger partial charge in [0.25, 0.3) is 5.91 Å². The van der Waals surface area contributed by atoms with Crippen LogP contribution in [0.4, 0.5) is 5.69 Å². The highest BCUT2D eigenvalue weighted by atomic mass is 16.5. The van der Waals surface area contributed by atoms with Crippen LogP contribution >= 0.6 is 0 Å². The number of carbonyl (C=O) groups is 3. The van der Waals surface area contributed by atoms with Crippen molar-refractivity contribution < 1.29 is 29.0 Å². The topological polar surface area (TPSA) is 96.4 Å². The fraction of sp³-hybridized carbons (Fsp3) is 0.500. The lowest BCUT2D eigenvalue weighted by Crippen LogP contribution is -2.47. The summed E-state index contributed by atoms with van der Waals surface area (Å²) < 4.78 is 12.2. The molecule has 2 atom stereocenters. The minimum absolute atomic E-state index is 0.115. The van der Waals surface area contributed by atoms with Gasteiger partial charge in [0.05, 0.1) is 19.4 Å². The second-order valence-electron chi connectivity index (χ2n) is 11.5. The van der Waals surface area contributed by atoms with Crippen LogP contribution in [0, 0.1) is 18.3 Å². The molecule has 1 N–H and O–H groups in total. The van der Waals surface area contributed by atoms with E-state index in [1.54, 1.807) is 16.9 Å². The van der Waals surface area contributed by atoms with E-state index >= 15 is 0 Å². The van der Waals surface area contributed by atoms with Crippen molar-refractivity contribution in [1.29, 1.82) is 0 Å². The van der Waals surface area contributed by atoms with Gasteiger partial charge in [-0.1, -0.05) is 56.7 Å². The maximum absolute atomic E-state index is 14.1. The van der Waals surface area contributed by atoms with Gasteiger partial charge in [-0.25, -0.2) is 0 Å². The first-order valence-corrected chi connectivity index (χ1v) is 13.2. The van der Waals surface area contributed by atoms with Crippen LogP contribution in [0.3, 0.4) is 0 Å². The average molecular weight is 523 g/mol. The van der Waals surface area contributed by atoms with Crippen LogP contribution in [0.1, 0.15) is 62.8 Å². The highest BCUT2D eigenvalue weighted by Gasteiger charge is 2.40. The molecule has 0 spiro atoms. The highest BCUT2D eigenvalue weighted by molar-refractivity contribution is 6.00. The Balaban J connectivity index is 1.73. The molecule has 4 rings (SSSR count). The first kappa shape index (κ1) is 27.6. The number of amides is 2. The molecule has 2 aromatic rings. The third-order valence-electron chi connectivity index (χ3n) is 7.21. The van der Waals surface area contributed by atoms with Gasteiger partial charge in [-0.05, 0) is 37.3 Å². The second-order valence-corrected chi connectivity index (χ2v) is 11.5. The van der Waals surface area contributed by atoms with Gasteiger partial charge in [0.15, 0.2) is 0 Å². The minimum atomic E-state index is -1.01. The molecular weight excluding hydrogens is 484 g/mol. The number of benzene rings is 2. The minimum Gasteiger partial charge on any atom is -0.496 e. The molecule has 0 unspecified atom stereocenters. The van der Waals surface area contributed by atoms with E-state index in [4.69, 9.17) is 9.47 Å². The van der Waals surface area contributed by atoms with E-state index in [1.165, 1.54) is 0 Å².